The van der Waals surface area contributed by atoms with Crippen molar-refractivity contribution in [3.63, 3.8) is 0 Å². The molecule has 1 aliphatic rings. The normalized spacial score (nSPS) is 16.3. The van der Waals surface area contributed by atoms with E-state index in [0.717, 1.165) is 42.9 Å². The van der Waals surface area contributed by atoms with Crippen LogP contribution in [-0.2, 0) is 4.79 Å². The molecule has 5 nitrogen and oxygen atoms in total. The largest absolute Gasteiger partial charge is 0.490 e. The molecular weight excluding hydrogens is 388 g/mol. The maximum absolute atomic E-state index is 12.6. The van der Waals surface area contributed by atoms with Gasteiger partial charge in [0, 0.05) is 23.8 Å². The average molecular weight is 417 g/mol. The van der Waals surface area contributed by atoms with Gasteiger partial charge in [0.25, 0.3) is 5.91 Å². The van der Waals surface area contributed by atoms with Crippen LogP contribution in [0.4, 0.5) is 5.69 Å². The van der Waals surface area contributed by atoms with Crippen LogP contribution < -0.4 is 14.8 Å². The highest BCUT2D eigenvalue weighted by atomic mass is 35.5. The number of aryl methyl sites for hydroxylation is 1. The zero-order valence-electron chi connectivity index (χ0n) is 17.3. The van der Waals surface area contributed by atoms with Crippen molar-refractivity contribution in [1.82, 2.24) is 4.90 Å². The molecule has 1 fully saturated rings. The number of ether oxygens (including phenoxy) is 2. The fourth-order valence-electron chi connectivity index (χ4n) is 3.31. The molecule has 0 saturated carbocycles. The topological polar surface area (TPSA) is 50.8 Å². The van der Waals surface area contributed by atoms with Crippen molar-refractivity contribution in [3.8, 4) is 11.5 Å². The van der Waals surface area contributed by atoms with Gasteiger partial charge in [-0.15, -0.1) is 0 Å². The molecule has 0 unspecified atom stereocenters. The third kappa shape index (κ3) is 6.12. The highest BCUT2D eigenvalue weighted by Crippen LogP contribution is 2.24. The van der Waals surface area contributed by atoms with Gasteiger partial charge < -0.3 is 19.7 Å². The lowest BCUT2D eigenvalue weighted by molar-refractivity contribution is -0.122. The van der Waals surface area contributed by atoms with Crippen LogP contribution >= 0.6 is 11.6 Å². The molecule has 1 heterocycles. The number of nitrogens with zero attached hydrogens (tertiary/aromatic N) is 1. The van der Waals surface area contributed by atoms with Crippen molar-refractivity contribution in [2.24, 2.45) is 0 Å². The molecule has 1 N–H and O–H groups in total. The summed E-state index contributed by atoms with van der Waals surface area (Å²) < 4.78 is 11.9. The van der Waals surface area contributed by atoms with Crippen molar-refractivity contribution in [3.05, 3.63) is 53.1 Å². The van der Waals surface area contributed by atoms with Crippen LogP contribution in [0.1, 0.15) is 31.7 Å². The molecule has 0 aliphatic carbocycles. The van der Waals surface area contributed by atoms with Gasteiger partial charge in [-0.3, -0.25) is 4.79 Å². The number of hydrogen-bond donors (Lipinski definition) is 1. The molecule has 29 heavy (non-hydrogen) atoms. The monoisotopic (exact) mass is 416 g/mol. The summed E-state index contributed by atoms with van der Waals surface area (Å²) in [5.74, 6) is 1.29. The van der Waals surface area contributed by atoms with E-state index < -0.39 is 6.10 Å². The van der Waals surface area contributed by atoms with Crippen LogP contribution in [0.3, 0.4) is 0 Å². The highest BCUT2D eigenvalue weighted by Gasteiger charge is 2.20. The van der Waals surface area contributed by atoms with Crippen molar-refractivity contribution in [2.45, 2.75) is 45.3 Å². The molecule has 3 rings (SSSR count). The number of rotatable bonds is 7. The molecular formula is C23H29ClN2O3. The zero-order chi connectivity index (χ0) is 20.8. The van der Waals surface area contributed by atoms with E-state index in [4.69, 9.17) is 21.1 Å². The van der Waals surface area contributed by atoms with Gasteiger partial charge >= 0.3 is 0 Å². The highest BCUT2D eigenvalue weighted by molar-refractivity contribution is 6.31. The van der Waals surface area contributed by atoms with Crippen molar-refractivity contribution < 1.29 is 14.3 Å². The van der Waals surface area contributed by atoms with Crippen LogP contribution in [0.2, 0.25) is 5.02 Å². The van der Waals surface area contributed by atoms with Gasteiger partial charge in [0.15, 0.2) is 6.10 Å². The molecule has 1 amide bonds. The smallest absolute Gasteiger partial charge is 0.265 e. The predicted molar refractivity (Wildman–Crippen MR) is 117 cm³/mol. The van der Waals surface area contributed by atoms with Crippen molar-refractivity contribution in [1.29, 1.82) is 0 Å². The number of likely N-dealkylation sites (tertiary alicyclic amines) is 1. The number of amides is 1. The molecule has 1 saturated heterocycles. The average Bonchev–Trinajstić information content (AvgIpc) is 2.72. The Morgan fingerprint density at radius 2 is 1.83 bits per heavy atom. The number of benzene rings is 2. The third-order valence-corrected chi connectivity index (χ3v) is 5.59. The minimum absolute atomic E-state index is 0.177. The van der Waals surface area contributed by atoms with Gasteiger partial charge in [-0.05, 0) is 81.3 Å². The molecule has 2 aromatic carbocycles. The molecule has 156 valence electrons. The fraction of sp³-hybridized carbons (Fsp3) is 0.435. The number of carbonyl (C=O) groups excluding carboxylic acids is 1. The van der Waals surface area contributed by atoms with Gasteiger partial charge in [-0.1, -0.05) is 18.5 Å². The molecule has 6 heteroatoms. The second-order valence-corrected chi connectivity index (χ2v) is 7.97. The minimum Gasteiger partial charge on any atom is -0.490 e. The Kier molecular flexibility index (Phi) is 7.40. The van der Waals surface area contributed by atoms with E-state index in [2.05, 4.69) is 17.3 Å². The lowest BCUT2D eigenvalue weighted by atomic mass is 10.1. The standard InChI is InChI=1S/C23H29ClN2O3/c1-4-22(29-20-9-10-21(24)16(2)15-20)23(27)25-17-5-7-18(8-6-17)28-19-11-13-26(3)14-12-19/h5-10,15,19,22H,4,11-14H2,1-3H3,(H,25,27)/t22-/m0/s1. The fourth-order valence-corrected chi connectivity index (χ4v) is 3.43. The van der Waals surface area contributed by atoms with Crippen LogP contribution in [0.5, 0.6) is 11.5 Å². The number of nitrogens with one attached hydrogen (secondary N) is 1. The predicted octanol–water partition coefficient (Wildman–Crippen LogP) is 4.92. The van der Waals surface area contributed by atoms with Crippen molar-refractivity contribution >= 4 is 23.2 Å². The quantitative estimate of drug-likeness (QED) is 0.696. The molecule has 1 aliphatic heterocycles. The summed E-state index contributed by atoms with van der Waals surface area (Å²) in [4.78, 5) is 14.9. The van der Waals surface area contributed by atoms with Gasteiger partial charge in [0.2, 0.25) is 0 Å². The van der Waals surface area contributed by atoms with E-state index in [1.54, 1.807) is 12.1 Å². The summed E-state index contributed by atoms with van der Waals surface area (Å²) in [6.07, 6.45) is 2.31. The summed E-state index contributed by atoms with van der Waals surface area (Å²) in [5.41, 5.74) is 1.64. The maximum Gasteiger partial charge on any atom is 0.265 e. The number of hydrogen-bond acceptors (Lipinski definition) is 4. The summed E-state index contributed by atoms with van der Waals surface area (Å²) >= 11 is 6.05. The molecule has 0 bridgehead atoms. The Morgan fingerprint density at radius 3 is 2.45 bits per heavy atom. The first kappa shape index (κ1) is 21.5. The molecule has 1 atom stereocenters. The second kappa shape index (κ2) is 9.99. The summed E-state index contributed by atoms with van der Waals surface area (Å²) in [7, 11) is 2.13. The summed E-state index contributed by atoms with van der Waals surface area (Å²) in [6.45, 7) is 5.95. The van der Waals surface area contributed by atoms with Gasteiger partial charge in [0.1, 0.15) is 17.6 Å². The Balaban J connectivity index is 1.55. The van der Waals surface area contributed by atoms with Crippen LogP contribution in [0.15, 0.2) is 42.5 Å². The summed E-state index contributed by atoms with van der Waals surface area (Å²) in [5, 5.41) is 3.60. The van der Waals surface area contributed by atoms with E-state index in [1.165, 1.54) is 0 Å². The lowest BCUT2D eigenvalue weighted by Crippen LogP contribution is -2.35. The Bertz CT molecular complexity index is 817. The van der Waals surface area contributed by atoms with Crippen LogP contribution in [0.25, 0.3) is 0 Å². The SMILES string of the molecule is CC[C@H](Oc1ccc(Cl)c(C)c1)C(=O)Nc1ccc(OC2CCN(C)CC2)cc1. The third-order valence-electron chi connectivity index (χ3n) is 5.16. The van der Waals surface area contributed by atoms with Crippen molar-refractivity contribution in [2.75, 3.05) is 25.5 Å². The first-order valence-electron chi connectivity index (χ1n) is 10.1. The molecule has 2 aromatic rings. The van der Waals surface area contributed by atoms with Gasteiger partial charge in [-0.25, -0.2) is 0 Å². The number of carbonyl (C=O) groups is 1. The number of halogens is 1. The summed E-state index contributed by atoms with van der Waals surface area (Å²) in [6, 6.07) is 12.9. The van der Waals surface area contributed by atoms with E-state index in [9.17, 15) is 4.79 Å². The zero-order valence-corrected chi connectivity index (χ0v) is 18.0. The Labute approximate surface area is 177 Å². The first-order chi connectivity index (χ1) is 13.9. The van der Waals surface area contributed by atoms with Crippen LogP contribution in [0, 0.1) is 6.92 Å². The Morgan fingerprint density at radius 1 is 1.17 bits per heavy atom. The van der Waals surface area contributed by atoms with E-state index >= 15 is 0 Å². The van der Waals surface area contributed by atoms with E-state index in [1.807, 2.05) is 44.2 Å². The lowest BCUT2D eigenvalue weighted by Gasteiger charge is -2.29. The van der Waals surface area contributed by atoms with E-state index in [-0.39, 0.29) is 12.0 Å². The number of anilines is 1. The van der Waals surface area contributed by atoms with Gasteiger partial charge in [0.05, 0.1) is 0 Å². The number of piperidine rings is 1. The first-order valence-corrected chi connectivity index (χ1v) is 10.5. The van der Waals surface area contributed by atoms with Crippen LogP contribution in [-0.4, -0.2) is 43.2 Å². The molecule has 0 spiro atoms. The van der Waals surface area contributed by atoms with E-state index in [0.29, 0.717) is 17.2 Å². The molecule has 0 radical (unpaired) electrons. The molecule has 0 aromatic heterocycles. The second-order valence-electron chi connectivity index (χ2n) is 7.56. The van der Waals surface area contributed by atoms with Gasteiger partial charge in [-0.2, -0.15) is 0 Å². The minimum atomic E-state index is -0.578. The Hall–Kier alpha value is -2.24. The maximum atomic E-state index is 12.6.